The van der Waals surface area contributed by atoms with Crippen LogP contribution in [0.25, 0.3) is 0 Å². The van der Waals surface area contributed by atoms with E-state index in [1.54, 1.807) is 12.1 Å². The predicted octanol–water partition coefficient (Wildman–Crippen LogP) is 3.35. The van der Waals surface area contributed by atoms with Crippen LogP contribution in [0.3, 0.4) is 0 Å². The van der Waals surface area contributed by atoms with Gasteiger partial charge in [0.05, 0.1) is 4.92 Å². The van der Waals surface area contributed by atoms with E-state index in [1.165, 1.54) is 6.07 Å². The van der Waals surface area contributed by atoms with Crippen molar-refractivity contribution in [3.8, 4) is 0 Å². The molecule has 0 radical (unpaired) electrons. The van der Waals surface area contributed by atoms with Gasteiger partial charge in [0.15, 0.2) is 0 Å². The van der Waals surface area contributed by atoms with Gasteiger partial charge in [-0.25, -0.2) is 0 Å². The third kappa shape index (κ3) is 5.69. The van der Waals surface area contributed by atoms with E-state index in [4.69, 9.17) is 5.11 Å². The van der Waals surface area contributed by atoms with Crippen LogP contribution < -0.4 is 5.32 Å². The van der Waals surface area contributed by atoms with E-state index in [1.807, 2.05) is 6.92 Å². The number of carboxylic acid groups (broad SMARTS) is 1. The first kappa shape index (κ1) is 15.9. The Balaban J connectivity index is 2.29. The van der Waals surface area contributed by atoms with E-state index in [-0.39, 0.29) is 12.1 Å². The summed E-state index contributed by atoms with van der Waals surface area (Å²) in [5.41, 5.74) is 1.84. The maximum Gasteiger partial charge on any atom is 0.303 e. The number of rotatable bonds is 9. The standard InChI is InChI=1S/C14H20N2O4/c1-11-7-8-12(16(19)20)10-13(11)15-9-5-3-2-4-6-14(17)18/h7-8,10,15H,2-6,9H2,1H3,(H,17,18). The minimum atomic E-state index is -0.754. The Hall–Kier alpha value is -2.11. The summed E-state index contributed by atoms with van der Waals surface area (Å²) in [6.07, 6.45) is 3.68. The first-order valence-electron chi connectivity index (χ1n) is 6.71. The van der Waals surface area contributed by atoms with Crippen LogP contribution in [-0.4, -0.2) is 22.5 Å². The van der Waals surface area contributed by atoms with Crippen molar-refractivity contribution in [2.24, 2.45) is 0 Å². The van der Waals surface area contributed by atoms with Crippen LogP contribution in [0.2, 0.25) is 0 Å². The zero-order valence-electron chi connectivity index (χ0n) is 11.6. The Bertz CT molecular complexity index is 474. The molecule has 0 aliphatic rings. The molecule has 0 saturated heterocycles. The van der Waals surface area contributed by atoms with Gasteiger partial charge in [-0.3, -0.25) is 14.9 Å². The number of unbranched alkanes of at least 4 members (excludes halogenated alkanes) is 3. The second kappa shape index (κ2) is 8.14. The maximum absolute atomic E-state index is 10.7. The highest BCUT2D eigenvalue weighted by Gasteiger charge is 2.07. The maximum atomic E-state index is 10.7. The molecule has 6 heteroatoms. The number of nitrogens with zero attached hydrogens (tertiary/aromatic N) is 1. The number of carbonyl (C=O) groups is 1. The fourth-order valence-electron chi connectivity index (χ4n) is 1.89. The molecule has 0 heterocycles. The number of nitrogens with one attached hydrogen (secondary N) is 1. The normalized spacial score (nSPS) is 10.2. The molecule has 2 N–H and O–H groups in total. The molecule has 0 fully saturated rings. The minimum absolute atomic E-state index is 0.0829. The SMILES string of the molecule is Cc1ccc([N+](=O)[O-])cc1NCCCCCCC(=O)O. The van der Waals surface area contributed by atoms with Crippen molar-refractivity contribution in [1.29, 1.82) is 0 Å². The van der Waals surface area contributed by atoms with Gasteiger partial charge < -0.3 is 10.4 Å². The molecule has 1 rings (SSSR count). The predicted molar refractivity (Wildman–Crippen MR) is 77.0 cm³/mol. The van der Waals surface area contributed by atoms with Crippen molar-refractivity contribution < 1.29 is 14.8 Å². The number of hydrogen-bond acceptors (Lipinski definition) is 4. The lowest BCUT2D eigenvalue weighted by Crippen LogP contribution is -2.04. The van der Waals surface area contributed by atoms with Crippen LogP contribution in [0, 0.1) is 17.0 Å². The Morgan fingerprint density at radius 2 is 2.00 bits per heavy atom. The molecule has 0 amide bonds. The van der Waals surface area contributed by atoms with Gasteiger partial charge in [0.1, 0.15) is 0 Å². The third-order valence-electron chi connectivity index (χ3n) is 3.06. The third-order valence-corrected chi connectivity index (χ3v) is 3.06. The molecule has 0 spiro atoms. The van der Waals surface area contributed by atoms with Crippen LogP contribution >= 0.6 is 0 Å². The van der Waals surface area contributed by atoms with Crippen LogP contribution in [0.15, 0.2) is 18.2 Å². The number of nitro groups is 1. The second-order valence-corrected chi connectivity index (χ2v) is 4.74. The summed E-state index contributed by atoms with van der Waals surface area (Å²) in [4.78, 5) is 20.6. The molecule has 0 atom stereocenters. The van der Waals surface area contributed by atoms with Gasteiger partial charge in [-0.1, -0.05) is 18.9 Å². The quantitative estimate of drug-likeness (QED) is 0.411. The lowest BCUT2D eigenvalue weighted by Gasteiger charge is -2.09. The van der Waals surface area contributed by atoms with Gasteiger partial charge >= 0.3 is 5.97 Å². The van der Waals surface area contributed by atoms with Crippen molar-refractivity contribution in [2.45, 2.75) is 39.0 Å². The van der Waals surface area contributed by atoms with Gasteiger partial charge in [0.25, 0.3) is 5.69 Å². The molecule has 0 aromatic heterocycles. The van der Waals surface area contributed by atoms with E-state index in [0.717, 1.165) is 37.1 Å². The number of carboxylic acids is 1. The summed E-state index contributed by atoms with van der Waals surface area (Å²) < 4.78 is 0. The van der Waals surface area contributed by atoms with Crippen LogP contribution in [-0.2, 0) is 4.79 Å². The van der Waals surface area contributed by atoms with Crippen molar-refractivity contribution in [2.75, 3.05) is 11.9 Å². The molecule has 0 bridgehead atoms. The van der Waals surface area contributed by atoms with E-state index < -0.39 is 10.9 Å². The van der Waals surface area contributed by atoms with Crippen molar-refractivity contribution in [3.05, 3.63) is 33.9 Å². The number of hydrogen-bond donors (Lipinski definition) is 2. The molecule has 1 aromatic rings. The monoisotopic (exact) mass is 280 g/mol. The van der Waals surface area contributed by atoms with Gasteiger partial charge in [-0.15, -0.1) is 0 Å². The summed E-state index contributed by atoms with van der Waals surface area (Å²) >= 11 is 0. The van der Waals surface area contributed by atoms with Gasteiger partial charge in [0.2, 0.25) is 0 Å². The zero-order chi connectivity index (χ0) is 15.0. The molecule has 0 aliphatic heterocycles. The van der Waals surface area contributed by atoms with Crippen molar-refractivity contribution in [1.82, 2.24) is 0 Å². The van der Waals surface area contributed by atoms with E-state index in [9.17, 15) is 14.9 Å². The molecule has 0 unspecified atom stereocenters. The fraction of sp³-hybridized carbons (Fsp3) is 0.500. The number of anilines is 1. The number of aryl methyl sites for hydroxylation is 1. The number of aliphatic carboxylic acids is 1. The largest absolute Gasteiger partial charge is 0.481 e. The highest BCUT2D eigenvalue weighted by Crippen LogP contribution is 2.21. The topological polar surface area (TPSA) is 92.5 Å². The smallest absolute Gasteiger partial charge is 0.303 e. The Morgan fingerprint density at radius 1 is 1.30 bits per heavy atom. The summed E-state index contributed by atoms with van der Waals surface area (Å²) in [6, 6.07) is 4.76. The molecule has 1 aromatic carbocycles. The molecule has 0 saturated carbocycles. The number of nitro benzene ring substituents is 1. The summed E-state index contributed by atoms with van der Waals surface area (Å²) in [6.45, 7) is 2.63. The lowest BCUT2D eigenvalue weighted by molar-refractivity contribution is -0.384. The second-order valence-electron chi connectivity index (χ2n) is 4.74. The average Bonchev–Trinajstić information content (AvgIpc) is 2.38. The molecule has 6 nitrogen and oxygen atoms in total. The Morgan fingerprint density at radius 3 is 2.65 bits per heavy atom. The van der Waals surface area contributed by atoms with Crippen LogP contribution in [0.5, 0.6) is 0 Å². The molecule has 110 valence electrons. The fourth-order valence-corrected chi connectivity index (χ4v) is 1.89. The summed E-state index contributed by atoms with van der Waals surface area (Å²) in [7, 11) is 0. The lowest BCUT2D eigenvalue weighted by atomic mass is 10.1. The summed E-state index contributed by atoms with van der Waals surface area (Å²) in [5.74, 6) is -0.754. The van der Waals surface area contributed by atoms with Crippen molar-refractivity contribution in [3.63, 3.8) is 0 Å². The van der Waals surface area contributed by atoms with Crippen molar-refractivity contribution >= 4 is 17.3 Å². The number of benzene rings is 1. The van der Waals surface area contributed by atoms with E-state index >= 15 is 0 Å². The highest BCUT2D eigenvalue weighted by atomic mass is 16.6. The highest BCUT2D eigenvalue weighted by molar-refractivity contribution is 5.66. The van der Waals surface area contributed by atoms with Gasteiger partial charge in [-0.2, -0.15) is 0 Å². The average molecular weight is 280 g/mol. The molecule has 0 aliphatic carbocycles. The zero-order valence-corrected chi connectivity index (χ0v) is 11.6. The first-order chi connectivity index (χ1) is 9.50. The molecular formula is C14H20N2O4. The molecule has 20 heavy (non-hydrogen) atoms. The Kier molecular flexibility index (Phi) is 6.49. The van der Waals surface area contributed by atoms with Crippen LogP contribution in [0.1, 0.15) is 37.7 Å². The van der Waals surface area contributed by atoms with Crippen LogP contribution in [0.4, 0.5) is 11.4 Å². The van der Waals surface area contributed by atoms with Gasteiger partial charge in [-0.05, 0) is 25.3 Å². The molecular weight excluding hydrogens is 260 g/mol. The number of non-ortho nitro benzene ring substituents is 1. The van der Waals surface area contributed by atoms with E-state index in [0.29, 0.717) is 6.42 Å². The Labute approximate surface area is 118 Å². The van der Waals surface area contributed by atoms with E-state index in [2.05, 4.69) is 5.32 Å². The van der Waals surface area contributed by atoms with Gasteiger partial charge in [0, 0.05) is 30.8 Å². The first-order valence-corrected chi connectivity index (χ1v) is 6.71. The summed E-state index contributed by atoms with van der Waals surface area (Å²) in [5, 5.41) is 22.4. The minimum Gasteiger partial charge on any atom is -0.481 e.